The van der Waals surface area contributed by atoms with Gasteiger partial charge in [0.2, 0.25) is 0 Å². The Morgan fingerprint density at radius 2 is 2.25 bits per heavy atom. The van der Waals surface area contributed by atoms with Crippen molar-refractivity contribution in [3.05, 3.63) is 23.8 Å². The van der Waals surface area contributed by atoms with Crippen LogP contribution in [-0.4, -0.2) is 46.1 Å². The van der Waals surface area contributed by atoms with Crippen LogP contribution in [0.25, 0.3) is 0 Å². The van der Waals surface area contributed by atoms with Crippen molar-refractivity contribution in [1.82, 2.24) is 0 Å². The smallest absolute Gasteiger partial charge is 0.337 e. The van der Waals surface area contributed by atoms with E-state index < -0.39 is 0 Å². The zero-order valence-corrected chi connectivity index (χ0v) is 11.7. The molecule has 0 aromatic heterocycles. The van der Waals surface area contributed by atoms with Gasteiger partial charge in [-0.25, -0.2) is 4.79 Å². The molecule has 0 aliphatic carbocycles. The highest BCUT2D eigenvalue weighted by molar-refractivity contribution is 5.92. The number of nitrogen functional groups attached to an aromatic ring is 1. The highest BCUT2D eigenvalue weighted by Gasteiger charge is 2.28. The van der Waals surface area contributed by atoms with Crippen LogP contribution in [0.3, 0.4) is 0 Å². The highest BCUT2D eigenvalue weighted by Crippen LogP contribution is 2.25. The molecule has 2 rings (SSSR count). The van der Waals surface area contributed by atoms with Gasteiger partial charge in [0.05, 0.1) is 49.9 Å². The predicted octanol–water partition coefficient (Wildman–Crippen LogP) is 1.13. The van der Waals surface area contributed by atoms with Crippen molar-refractivity contribution >= 4 is 17.3 Å². The van der Waals surface area contributed by atoms with Crippen LogP contribution in [0.1, 0.15) is 10.4 Å². The number of ether oxygens (including phenoxy) is 3. The molecule has 1 aliphatic heterocycles. The molecule has 0 bridgehead atoms. The molecule has 6 nitrogen and oxygen atoms in total. The van der Waals surface area contributed by atoms with Crippen LogP contribution in [0.15, 0.2) is 18.2 Å². The number of hydrogen-bond acceptors (Lipinski definition) is 6. The van der Waals surface area contributed by atoms with Crippen molar-refractivity contribution in [2.75, 3.05) is 45.1 Å². The molecule has 0 spiro atoms. The molecule has 1 aromatic rings. The summed E-state index contributed by atoms with van der Waals surface area (Å²) in [7, 11) is 3.02. The lowest BCUT2D eigenvalue weighted by Crippen LogP contribution is -2.31. The molecule has 6 heteroatoms. The number of rotatable bonds is 5. The van der Waals surface area contributed by atoms with E-state index in [0.717, 1.165) is 0 Å². The lowest BCUT2D eigenvalue weighted by Gasteiger charge is -2.20. The maximum atomic E-state index is 11.5. The molecule has 1 aromatic carbocycles. The molecular formula is C14H20N2O4. The van der Waals surface area contributed by atoms with Gasteiger partial charge in [0.15, 0.2) is 0 Å². The summed E-state index contributed by atoms with van der Waals surface area (Å²) < 4.78 is 15.3. The van der Waals surface area contributed by atoms with Gasteiger partial charge in [-0.15, -0.1) is 0 Å². The topological polar surface area (TPSA) is 82.8 Å². The summed E-state index contributed by atoms with van der Waals surface area (Å²) >= 11 is 0. The van der Waals surface area contributed by atoms with Crippen LogP contribution in [-0.2, 0) is 14.2 Å². The van der Waals surface area contributed by atoms with Gasteiger partial charge in [-0.1, -0.05) is 0 Å². The number of benzene rings is 1. The number of carbonyl (C=O) groups excluding carboxylic acids is 1. The molecular weight excluding hydrogens is 260 g/mol. The molecule has 0 saturated carbocycles. The molecule has 20 heavy (non-hydrogen) atoms. The van der Waals surface area contributed by atoms with E-state index in [4.69, 9.17) is 19.9 Å². The van der Waals surface area contributed by atoms with E-state index in [1.54, 1.807) is 25.3 Å². The lowest BCUT2D eigenvalue weighted by atomic mass is 10.0. The second kappa shape index (κ2) is 6.58. The largest absolute Gasteiger partial charge is 0.465 e. The van der Waals surface area contributed by atoms with Gasteiger partial charge in [0, 0.05) is 13.0 Å². The number of anilines is 2. The summed E-state index contributed by atoms with van der Waals surface area (Å²) in [4.78, 5) is 11.5. The van der Waals surface area contributed by atoms with Crippen molar-refractivity contribution in [2.45, 2.75) is 6.04 Å². The molecule has 0 amide bonds. The molecule has 1 fully saturated rings. The van der Waals surface area contributed by atoms with Crippen LogP contribution in [0.5, 0.6) is 0 Å². The van der Waals surface area contributed by atoms with Gasteiger partial charge in [-0.3, -0.25) is 0 Å². The fourth-order valence-electron chi connectivity index (χ4n) is 2.26. The summed E-state index contributed by atoms with van der Waals surface area (Å²) in [6, 6.07) is 5.15. The Morgan fingerprint density at radius 3 is 2.95 bits per heavy atom. The first kappa shape index (κ1) is 14.6. The number of carbonyl (C=O) groups is 1. The zero-order valence-electron chi connectivity index (χ0n) is 11.7. The minimum Gasteiger partial charge on any atom is -0.465 e. The minimum absolute atomic E-state index is 0.116. The number of nitrogens with two attached hydrogens (primary N) is 1. The summed E-state index contributed by atoms with van der Waals surface area (Å²) in [5.41, 5.74) is 7.70. The Hall–Kier alpha value is -1.79. The first-order valence-electron chi connectivity index (χ1n) is 6.46. The van der Waals surface area contributed by atoms with Crippen LogP contribution in [0, 0.1) is 5.92 Å². The first-order chi connectivity index (χ1) is 9.65. The summed E-state index contributed by atoms with van der Waals surface area (Å²) in [5.74, 6) is -0.120. The Morgan fingerprint density at radius 1 is 1.45 bits per heavy atom. The number of hydrogen-bond donors (Lipinski definition) is 2. The minimum atomic E-state index is -0.385. The van der Waals surface area contributed by atoms with Crippen LogP contribution in [0.4, 0.5) is 11.4 Å². The third-order valence-electron chi connectivity index (χ3n) is 3.39. The van der Waals surface area contributed by atoms with Crippen LogP contribution < -0.4 is 11.1 Å². The molecule has 1 aliphatic rings. The van der Waals surface area contributed by atoms with E-state index in [1.165, 1.54) is 7.11 Å². The number of esters is 1. The molecule has 2 atom stereocenters. The van der Waals surface area contributed by atoms with Crippen molar-refractivity contribution < 1.29 is 19.0 Å². The molecule has 1 heterocycles. The molecule has 0 unspecified atom stereocenters. The second-order valence-electron chi connectivity index (χ2n) is 4.80. The molecule has 0 radical (unpaired) electrons. The fourth-order valence-corrected chi connectivity index (χ4v) is 2.26. The average molecular weight is 280 g/mol. The van der Waals surface area contributed by atoms with Crippen LogP contribution in [0.2, 0.25) is 0 Å². The van der Waals surface area contributed by atoms with Crippen LogP contribution >= 0.6 is 0 Å². The lowest BCUT2D eigenvalue weighted by molar-refractivity contribution is 0.0601. The van der Waals surface area contributed by atoms with Crippen molar-refractivity contribution in [1.29, 1.82) is 0 Å². The zero-order chi connectivity index (χ0) is 14.5. The normalized spacial score (nSPS) is 21.7. The average Bonchev–Trinajstić information content (AvgIpc) is 2.88. The number of methoxy groups -OCH3 is 2. The maximum absolute atomic E-state index is 11.5. The molecule has 3 N–H and O–H groups in total. The van der Waals surface area contributed by atoms with Crippen molar-refractivity contribution in [2.24, 2.45) is 5.92 Å². The van der Waals surface area contributed by atoms with Crippen molar-refractivity contribution in [3.63, 3.8) is 0 Å². The van der Waals surface area contributed by atoms with Gasteiger partial charge < -0.3 is 25.3 Å². The molecule has 110 valence electrons. The standard InChI is InChI=1S/C14H20N2O4/c1-18-6-10-7-20-8-13(10)16-12-5-9(14(17)19-2)3-4-11(12)15/h3-5,10,13,16H,6-8,15H2,1-2H3/t10-,13+/m0/s1. The summed E-state index contributed by atoms with van der Waals surface area (Å²) in [6.45, 7) is 1.87. The Labute approximate surface area is 118 Å². The van der Waals surface area contributed by atoms with E-state index in [0.29, 0.717) is 36.8 Å². The van der Waals surface area contributed by atoms with Gasteiger partial charge in [0.25, 0.3) is 0 Å². The number of nitrogens with one attached hydrogen (secondary N) is 1. The van der Waals surface area contributed by atoms with Crippen molar-refractivity contribution in [3.8, 4) is 0 Å². The Bertz CT molecular complexity index is 478. The highest BCUT2D eigenvalue weighted by atomic mass is 16.5. The maximum Gasteiger partial charge on any atom is 0.337 e. The third kappa shape index (κ3) is 3.20. The van der Waals surface area contributed by atoms with Gasteiger partial charge >= 0.3 is 5.97 Å². The second-order valence-corrected chi connectivity index (χ2v) is 4.80. The predicted molar refractivity (Wildman–Crippen MR) is 75.8 cm³/mol. The van der Waals surface area contributed by atoms with E-state index in [1.807, 2.05) is 0 Å². The first-order valence-corrected chi connectivity index (χ1v) is 6.46. The summed E-state index contributed by atoms with van der Waals surface area (Å²) in [6.07, 6.45) is 0. The Balaban J connectivity index is 2.13. The monoisotopic (exact) mass is 280 g/mol. The fraction of sp³-hybridized carbons (Fsp3) is 0.500. The SMILES string of the molecule is COC[C@H]1COC[C@H]1Nc1cc(C(=O)OC)ccc1N. The van der Waals surface area contributed by atoms with Gasteiger partial charge in [0.1, 0.15) is 0 Å². The Kier molecular flexibility index (Phi) is 4.81. The van der Waals surface area contributed by atoms with E-state index in [2.05, 4.69) is 5.32 Å². The van der Waals surface area contributed by atoms with Gasteiger partial charge in [-0.2, -0.15) is 0 Å². The third-order valence-corrected chi connectivity index (χ3v) is 3.39. The quantitative estimate of drug-likeness (QED) is 0.621. The van der Waals surface area contributed by atoms with E-state index >= 15 is 0 Å². The van der Waals surface area contributed by atoms with E-state index in [-0.39, 0.29) is 17.9 Å². The molecule has 1 saturated heterocycles. The van der Waals surface area contributed by atoms with Gasteiger partial charge in [-0.05, 0) is 18.2 Å². The summed E-state index contributed by atoms with van der Waals surface area (Å²) in [5, 5.41) is 3.33. The van der Waals surface area contributed by atoms with E-state index in [9.17, 15) is 4.79 Å².